The molecule has 1 aliphatic heterocycles. The highest BCUT2D eigenvalue weighted by Crippen LogP contribution is 2.24. The van der Waals surface area contributed by atoms with Crippen molar-refractivity contribution in [1.29, 1.82) is 0 Å². The molecule has 1 fully saturated rings. The minimum Gasteiger partial charge on any atom is -0.497 e. The first-order valence-corrected chi connectivity index (χ1v) is 6.96. The Bertz CT molecular complexity index is 390. The molecule has 1 saturated heterocycles. The lowest BCUT2D eigenvalue weighted by molar-refractivity contribution is 0.398. The average Bonchev–Trinajstić information content (AvgIpc) is 2.96. The number of methoxy groups -OCH3 is 2. The van der Waals surface area contributed by atoms with Crippen LogP contribution >= 0.6 is 0 Å². The van der Waals surface area contributed by atoms with E-state index in [2.05, 4.69) is 16.7 Å². The maximum absolute atomic E-state index is 5.38. The Morgan fingerprint density at radius 1 is 1.32 bits per heavy atom. The normalized spacial score (nSPS) is 18.5. The number of nitrogens with one attached hydrogen (secondary N) is 2. The zero-order chi connectivity index (χ0) is 13.5. The van der Waals surface area contributed by atoms with Gasteiger partial charge in [0, 0.05) is 0 Å². The predicted molar refractivity (Wildman–Crippen MR) is 77.1 cm³/mol. The summed E-state index contributed by atoms with van der Waals surface area (Å²) >= 11 is 0. The first kappa shape index (κ1) is 14.2. The Kier molecular flexibility index (Phi) is 5.48. The van der Waals surface area contributed by atoms with Gasteiger partial charge in [0.25, 0.3) is 0 Å². The van der Waals surface area contributed by atoms with Crippen molar-refractivity contribution in [2.24, 2.45) is 5.92 Å². The van der Waals surface area contributed by atoms with Gasteiger partial charge >= 0.3 is 0 Å². The predicted octanol–water partition coefficient (Wildman–Crippen LogP) is 1.45. The van der Waals surface area contributed by atoms with Crippen LogP contribution in [-0.2, 0) is 6.42 Å². The molecule has 1 aromatic carbocycles. The lowest BCUT2D eigenvalue weighted by Gasteiger charge is -2.12. The van der Waals surface area contributed by atoms with Crippen LogP contribution in [0.1, 0.15) is 12.0 Å². The van der Waals surface area contributed by atoms with Crippen LogP contribution in [0.5, 0.6) is 11.5 Å². The van der Waals surface area contributed by atoms with E-state index in [9.17, 15) is 0 Å². The molecule has 4 heteroatoms. The number of ether oxygens (including phenoxy) is 2. The SMILES string of the molecule is COc1ccc(OC)c(CCNCC2CCNC2)c1. The molecule has 0 radical (unpaired) electrons. The van der Waals surface area contributed by atoms with Crippen LogP contribution < -0.4 is 20.1 Å². The maximum atomic E-state index is 5.38. The van der Waals surface area contributed by atoms with E-state index in [1.165, 1.54) is 12.0 Å². The van der Waals surface area contributed by atoms with Crippen molar-refractivity contribution in [3.05, 3.63) is 23.8 Å². The molecule has 1 heterocycles. The smallest absolute Gasteiger partial charge is 0.122 e. The molecule has 0 aromatic heterocycles. The van der Waals surface area contributed by atoms with E-state index in [-0.39, 0.29) is 0 Å². The molecule has 4 nitrogen and oxygen atoms in total. The zero-order valence-corrected chi connectivity index (χ0v) is 11.9. The molecule has 0 spiro atoms. The van der Waals surface area contributed by atoms with Gasteiger partial charge in [0.15, 0.2) is 0 Å². The third kappa shape index (κ3) is 4.11. The number of hydrogen-bond acceptors (Lipinski definition) is 4. The fourth-order valence-electron chi connectivity index (χ4n) is 2.50. The summed E-state index contributed by atoms with van der Waals surface area (Å²) in [7, 11) is 3.40. The van der Waals surface area contributed by atoms with Crippen molar-refractivity contribution in [2.45, 2.75) is 12.8 Å². The molecule has 106 valence electrons. The van der Waals surface area contributed by atoms with Gasteiger partial charge in [-0.25, -0.2) is 0 Å². The van der Waals surface area contributed by atoms with Crippen LogP contribution in [0.2, 0.25) is 0 Å². The van der Waals surface area contributed by atoms with Gasteiger partial charge in [-0.2, -0.15) is 0 Å². The van der Waals surface area contributed by atoms with Crippen LogP contribution in [0.15, 0.2) is 18.2 Å². The van der Waals surface area contributed by atoms with Crippen LogP contribution in [0, 0.1) is 5.92 Å². The summed E-state index contributed by atoms with van der Waals surface area (Å²) in [6.45, 7) is 4.38. The molecule has 1 aromatic rings. The van der Waals surface area contributed by atoms with Crippen molar-refractivity contribution in [3.8, 4) is 11.5 Å². The highest BCUT2D eigenvalue weighted by molar-refractivity contribution is 5.40. The quantitative estimate of drug-likeness (QED) is 0.732. The van der Waals surface area contributed by atoms with E-state index in [0.29, 0.717) is 0 Å². The number of hydrogen-bond donors (Lipinski definition) is 2. The second-order valence-corrected chi connectivity index (χ2v) is 4.99. The van der Waals surface area contributed by atoms with E-state index in [4.69, 9.17) is 9.47 Å². The standard InChI is InChI=1S/C15H24N2O2/c1-18-14-3-4-15(19-2)13(9-14)6-8-17-11-12-5-7-16-10-12/h3-4,9,12,16-17H,5-8,10-11H2,1-2H3. The first-order valence-electron chi connectivity index (χ1n) is 6.96. The second-order valence-electron chi connectivity index (χ2n) is 4.99. The molecule has 2 N–H and O–H groups in total. The number of benzene rings is 1. The Labute approximate surface area is 115 Å². The summed E-state index contributed by atoms with van der Waals surface area (Å²) in [5.41, 5.74) is 1.19. The van der Waals surface area contributed by atoms with Gasteiger partial charge in [0.2, 0.25) is 0 Å². The van der Waals surface area contributed by atoms with E-state index < -0.39 is 0 Å². The van der Waals surface area contributed by atoms with Gasteiger partial charge in [0.05, 0.1) is 14.2 Å². The molecule has 2 rings (SSSR count). The van der Waals surface area contributed by atoms with Gasteiger partial charge in [-0.1, -0.05) is 0 Å². The zero-order valence-electron chi connectivity index (χ0n) is 11.9. The summed E-state index contributed by atoms with van der Waals surface area (Å²) in [4.78, 5) is 0. The summed E-state index contributed by atoms with van der Waals surface area (Å²) in [5, 5.41) is 6.92. The van der Waals surface area contributed by atoms with Gasteiger partial charge in [-0.05, 0) is 68.7 Å². The second kappa shape index (κ2) is 7.36. The molecule has 1 unspecified atom stereocenters. The molecule has 19 heavy (non-hydrogen) atoms. The lowest BCUT2D eigenvalue weighted by atomic mass is 10.1. The lowest BCUT2D eigenvalue weighted by Crippen LogP contribution is -2.26. The van der Waals surface area contributed by atoms with Crippen molar-refractivity contribution < 1.29 is 9.47 Å². The first-order chi connectivity index (χ1) is 9.33. The van der Waals surface area contributed by atoms with Crippen LogP contribution in [-0.4, -0.2) is 40.4 Å². The van der Waals surface area contributed by atoms with Crippen molar-refractivity contribution >= 4 is 0 Å². The van der Waals surface area contributed by atoms with Gasteiger partial charge in [0.1, 0.15) is 11.5 Å². The number of rotatable bonds is 7. The van der Waals surface area contributed by atoms with E-state index in [1.807, 2.05) is 12.1 Å². The largest absolute Gasteiger partial charge is 0.497 e. The monoisotopic (exact) mass is 264 g/mol. The maximum Gasteiger partial charge on any atom is 0.122 e. The molecule has 0 amide bonds. The summed E-state index contributed by atoms with van der Waals surface area (Å²) in [5.74, 6) is 2.60. The third-order valence-electron chi connectivity index (χ3n) is 3.65. The van der Waals surface area contributed by atoms with Gasteiger partial charge in [-0.3, -0.25) is 0 Å². The molecule has 1 atom stereocenters. The minimum absolute atomic E-state index is 0.784. The summed E-state index contributed by atoms with van der Waals surface area (Å²) in [6.07, 6.45) is 2.25. The molecule has 1 aliphatic rings. The highest BCUT2D eigenvalue weighted by Gasteiger charge is 2.13. The highest BCUT2D eigenvalue weighted by atomic mass is 16.5. The fraction of sp³-hybridized carbons (Fsp3) is 0.600. The van der Waals surface area contributed by atoms with Crippen LogP contribution in [0.4, 0.5) is 0 Å². The molecular weight excluding hydrogens is 240 g/mol. The molecule has 0 bridgehead atoms. The third-order valence-corrected chi connectivity index (χ3v) is 3.65. The molecule has 0 aliphatic carbocycles. The average molecular weight is 264 g/mol. The minimum atomic E-state index is 0.784. The van der Waals surface area contributed by atoms with E-state index in [0.717, 1.165) is 50.0 Å². The van der Waals surface area contributed by atoms with Gasteiger partial charge in [-0.15, -0.1) is 0 Å². The Balaban J connectivity index is 1.80. The van der Waals surface area contributed by atoms with Crippen LogP contribution in [0.25, 0.3) is 0 Å². The fourth-order valence-corrected chi connectivity index (χ4v) is 2.50. The summed E-state index contributed by atoms with van der Waals surface area (Å²) in [6, 6.07) is 5.95. The molecular formula is C15H24N2O2. The van der Waals surface area contributed by atoms with Crippen LogP contribution in [0.3, 0.4) is 0 Å². The Morgan fingerprint density at radius 3 is 2.89 bits per heavy atom. The van der Waals surface area contributed by atoms with Crippen molar-refractivity contribution in [3.63, 3.8) is 0 Å². The summed E-state index contributed by atoms with van der Waals surface area (Å²) < 4.78 is 10.6. The molecule has 0 saturated carbocycles. The Morgan fingerprint density at radius 2 is 2.21 bits per heavy atom. The van der Waals surface area contributed by atoms with Gasteiger partial charge < -0.3 is 20.1 Å². The Hall–Kier alpha value is -1.26. The van der Waals surface area contributed by atoms with E-state index in [1.54, 1.807) is 14.2 Å². The van der Waals surface area contributed by atoms with E-state index >= 15 is 0 Å². The van der Waals surface area contributed by atoms with Crippen molar-refractivity contribution in [2.75, 3.05) is 40.4 Å². The van der Waals surface area contributed by atoms with Crippen molar-refractivity contribution in [1.82, 2.24) is 10.6 Å². The topological polar surface area (TPSA) is 42.5 Å².